The van der Waals surface area contributed by atoms with Gasteiger partial charge in [-0.1, -0.05) is 0 Å². The lowest BCUT2D eigenvalue weighted by Gasteiger charge is -2.40. The number of ether oxygens (including phenoxy) is 3. The number of aliphatic hydroxyl groups is 4. The van der Waals surface area contributed by atoms with Crippen LogP contribution in [0, 0.1) is 0 Å². The summed E-state index contributed by atoms with van der Waals surface area (Å²) in [6.45, 7) is 0.602. The topological polar surface area (TPSA) is 196 Å². The Labute approximate surface area is 203 Å². The van der Waals surface area contributed by atoms with E-state index in [0.29, 0.717) is 5.56 Å². The van der Waals surface area contributed by atoms with Gasteiger partial charge in [0.05, 0.1) is 6.61 Å². The molecule has 0 aliphatic carbocycles. The molecule has 36 heavy (non-hydrogen) atoms. The van der Waals surface area contributed by atoms with Gasteiger partial charge in [0.15, 0.2) is 17.8 Å². The summed E-state index contributed by atoms with van der Waals surface area (Å²) in [5.41, 5.74) is -0.139. The maximum absolute atomic E-state index is 12.6. The van der Waals surface area contributed by atoms with Crippen LogP contribution in [0.4, 0.5) is 0 Å². The fourth-order valence-electron chi connectivity index (χ4n) is 3.71. The molecule has 1 aromatic heterocycles. The molecule has 3 aromatic rings. The maximum Gasteiger partial charge on any atom is 0.340 e. The smallest absolute Gasteiger partial charge is 0.340 e. The lowest BCUT2D eigenvalue weighted by molar-refractivity contribution is -0.308. The second-order valence-corrected chi connectivity index (χ2v) is 8.23. The first-order valence-corrected chi connectivity index (χ1v) is 10.9. The minimum absolute atomic E-state index is 0.0220. The van der Waals surface area contributed by atoms with E-state index in [1.807, 2.05) is 0 Å². The number of phenolic OH excluding ortho intramolecular Hbond substituents is 2. The molecule has 0 bridgehead atoms. The molecule has 1 aliphatic heterocycles. The number of rotatable bonds is 6. The fraction of sp³-hybridized carbons (Fsp3) is 0.333. The van der Waals surface area contributed by atoms with Gasteiger partial charge in [0.25, 0.3) is 0 Å². The number of esters is 1. The van der Waals surface area contributed by atoms with Crippen molar-refractivity contribution in [1.82, 2.24) is 0 Å². The molecule has 4 rings (SSSR count). The number of aliphatic hydroxyl groups excluding tert-OH is 4. The van der Waals surface area contributed by atoms with Crippen LogP contribution in [-0.4, -0.2) is 80.0 Å². The molecule has 6 atom stereocenters. The lowest BCUT2D eigenvalue weighted by atomic mass is 9.99. The van der Waals surface area contributed by atoms with Crippen molar-refractivity contribution in [3.05, 3.63) is 52.7 Å². The van der Waals surface area contributed by atoms with Gasteiger partial charge in [-0.25, -0.2) is 4.79 Å². The molecule has 0 spiro atoms. The standard InChI is InChI=1S/C24H24O12/c1-10(33-24-22(31)21(30)20(29)18(9-25)36-24)23(32)34-13-6-14(27)19-15(28)8-16(35-17(19)7-13)11-2-4-12(26)5-3-11/h2-8,10,18,20-22,24-27,29-31H,9H2,1H3/t10-,18+,20+,21+,22+,24+/m1/s1. The Hall–Kier alpha value is -3.52. The third kappa shape index (κ3) is 5.04. The highest BCUT2D eigenvalue weighted by Crippen LogP contribution is 2.32. The Bertz CT molecular complexity index is 1300. The van der Waals surface area contributed by atoms with Gasteiger partial charge >= 0.3 is 5.97 Å². The predicted octanol–water partition coefficient (Wildman–Crippen LogP) is -0.0184. The number of aromatic hydroxyl groups is 2. The van der Waals surface area contributed by atoms with Crippen LogP contribution in [0.2, 0.25) is 0 Å². The van der Waals surface area contributed by atoms with Crippen molar-refractivity contribution < 1.29 is 54.1 Å². The average molecular weight is 504 g/mol. The number of carbonyl (C=O) groups is 1. The third-order valence-electron chi connectivity index (χ3n) is 5.67. The van der Waals surface area contributed by atoms with Crippen molar-refractivity contribution >= 4 is 16.9 Å². The van der Waals surface area contributed by atoms with Gasteiger partial charge in [-0.3, -0.25) is 4.79 Å². The van der Waals surface area contributed by atoms with Gasteiger partial charge in [0.2, 0.25) is 0 Å². The SMILES string of the molecule is C[C@@H](O[C@H]1O[C@@H](CO)[C@H](O)[C@H](O)[C@@H]1O)C(=O)Oc1cc(O)c2c(=O)cc(-c3ccc(O)cc3)oc2c1. The lowest BCUT2D eigenvalue weighted by Crippen LogP contribution is -2.60. The summed E-state index contributed by atoms with van der Waals surface area (Å²) in [5, 5.41) is 58.7. The minimum atomic E-state index is -1.71. The third-order valence-corrected chi connectivity index (χ3v) is 5.67. The average Bonchev–Trinajstić information content (AvgIpc) is 2.84. The Kier molecular flexibility index (Phi) is 7.26. The zero-order valence-corrected chi connectivity index (χ0v) is 18.8. The highest BCUT2D eigenvalue weighted by atomic mass is 16.7. The van der Waals surface area contributed by atoms with Crippen LogP contribution in [0.5, 0.6) is 17.2 Å². The molecule has 0 radical (unpaired) electrons. The zero-order valence-electron chi connectivity index (χ0n) is 18.8. The van der Waals surface area contributed by atoms with Gasteiger partial charge in [0.1, 0.15) is 58.4 Å². The van der Waals surface area contributed by atoms with Crippen LogP contribution in [-0.2, 0) is 14.3 Å². The number of benzene rings is 2. The normalized spacial score (nSPS) is 25.0. The summed E-state index contributed by atoms with van der Waals surface area (Å²) in [5.74, 6) is -1.49. The fourth-order valence-corrected chi connectivity index (χ4v) is 3.71. The summed E-state index contributed by atoms with van der Waals surface area (Å²) in [6, 6.07) is 9.31. The Morgan fingerprint density at radius 1 is 1.03 bits per heavy atom. The molecule has 12 nitrogen and oxygen atoms in total. The molecule has 2 aromatic carbocycles. The molecular formula is C24H24O12. The van der Waals surface area contributed by atoms with Crippen molar-refractivity contribution in [2.45, 2.75) is 43.7 Å². The molecular weight excluding hydrogens is 480 g/mol. The van der Waals surface area contributed by atoms with Gasteiger partial charge in [-0.15, -0.1) is 0 Å². The van der Waals surface area contributed by atoms with Crippen molar-refractivity contribution in [3.63, 3.8) is 0 Å². The van der Waals surface area contributed by atoms with E-state index in [-0.39, 0.29) is 28.2 Å². The first-order chi connectivity index (χ1) is 17.1. The summed E-state index contributed by atoms with van der Waals surface area (Å²) >= 11 is 0. The predicted molar refractivity (Wildman–Crippen MR) is 121 cm³/mol. The molecule has 192 valence electrons. The number of hydrogen-bond donors (Lipinski definition) is 6. The molecule has 2 heterocycles. The van der Waals surface area contributed by atoms with Gasteiger partial charge in [0, 0.05) is 23.8 Å². The molecule has 1 aliphatic rings. The van der Waals surface area contributed by atoms with Crippen LogP contribution in [0.1, 0.15) is 6.92 Å². The van der Waals surface area contributed by atoms with Crippen molar-refractivity contribution in [3.8, 4) is 28.6 Å². The summed E-state index contributed by atoms with van der Waals surface area (Å²) in [4.78, 5) is 25.1. The minimum Gasteiger partial charge on any atom is -0.508 e. The van der Waals surface area contributed by atoms with Gasteiger partial charge in [-0.2, -0.15) is 0 Å². The van der Waals surface area contributed by atoms with E-state index in [1.54, 1.807) is 0 Å². The summed E-state index contributed by atoms with van der Waals surface area (Å²) < 4.78 is 21.5. The monoisotopic (exact) mass is 504 g/mol. The first-order valence-electron chi connectivity index (χ1n) is 10.9. The largest absolute Gasteiger partial charge is 0.508 e. The van der Waals surface area contributed by atoms with E-state index >= 15 is 0 Å². The molecule has 12 heteroatoms. The van der Waals surface area contributed by atoms with Crippen LogP contribution >= 0.6 is 0 Å². The van der Waals surface area contributed by atoms with E-state index in [1.165, 1.54) is 43.3 Å². The van der Waals surface area contributed by atoms with Crippen molar-refractivity contribution in [2.24, 2.45) is 0 Å². The van der Waals surface area contributed by atoms with Crippen LogP contribution in [0.25, 0.3) is 22.3 Å². The maximum atomic E-state index is 12.6. The molecule has 0 amide bonds. The summed E-state index contributed by atoms with van der Waals surface area (Å²) in [6.07, 6.45) is -9.13. The molecule has 1 saturated heterocycles. The molecule has 0 saturated carbocycles. The first kappa shape index (κ1) is 25.6. The second-order valence-electron chi connectivity index (χ2n) is 8.23. The highest BCUT2D eigenvalue weighted by Gasteiger charge is 2.45. The van der Waals surface area contributed by atoms with E-state index in [2.05, 4.69) is 0 Å². The van der Waals surface area contributed by atoms with Gasteiger partial charge < -0.3 is 49.3 Å². The Morgan fingerprint density at radius 3 is 2.39 bits per heavy atom. The zero-order chi connectivity index (χ0) is 26.1. The van der Waals surface area contributed by atoms with Crippen molar-refractivity contribution in [2.75, 3.05) is 6.61 Å². The molecule has 0 unspecified atom stereocenters. The molecule has 6 N–H and O–H groups in total. The number of fused-ring (bicyclic) bond motifs is 1. The van der Waals surface area contributed by atoms with Crippen LogP contribution in [0.3, 0.4) is 0 Å². The number of phenols is 2. The van der Waals surface area contributed by atoms with E-state index < -0.39 is 60.6 Å². The van der Waals surface area contributed by atoms with Crippen LogP contribution < -0.4 is 10.2 Å². The quantitative estimate of drug-likeness (QED) is 0.194. The van der Waals surface area contributed by atoms with E-state index in [0.717, 1.165) is 6.07 Å². The van der Waals surface area contributed by atoms with Crippen LogP contribution in [0.15, 0.2) is 51.7 Å². The Balaban J connectivity index is 1.54. The van der Waals surface area contributed by atoms with Crippen molar-refractivity contribution in [1.29, 1.82) is 0 Å². The number of hydrogen-bond acceptors (Lipinski definition) is 12. The second kappa shape index (κ2) is 10.2. The van der Waals surface area contributed by atoms with E-state index in [9.17, 15) is 40.2 Å². The van der Waals surface area contributed by atoms with Gasteiger partial charge in [-0.05, 0) is 31.2 Å². The Morgan fingerprint density at radius 2 is 1.72 bits per heavy atom. The molecule has 1 fully saturated rings. The number of carbonyl (C=O) groups excluding carboxylic acids is 1. The highest BCUT2D eigenvalue weighted by molar-refractivity contribution is 5.87. The summed E-state index contributed by atoms with van der Waals surface area (Å²) in [7, 11) is 0. The van der Waals surface area contributed by atoms with E-state index in [4.69, 9.17) is 18.6 Å².